The normalized spacial score (nSPS) is 11.8. The Morgan fingerprint density at radius 2 is 0.847 bits per heavy atom. The Kier molecular flexibility index (Phi) is 33.5. The summed E-state index contributed by atoms with van der Waals surface area (Å²) < 4.78 is 37.7. The van der Waals surface area contributed by atoms with Crippen LogP contribution in [0.1, 0.15) is 237 Å². The molecule has 0 saturated heterocycles. The Hall–Kier alpha value is -2.31. The minimum absolute atomic E-state index is 0.0489. The van der Waals surface area contributed by atoms with Crippen LogP contribution in [0.15, 0.2) is 47.4 Å². The van der Waals surface area contributed by atoms with Crippen LogP contribution < -0.4 is 9.47 Å². The first kappa shape index (κ1) is 52.8. The van der Waals surface area contributed by atoms with Gasteiger partial charge >= 0.3 is 0 Å². The third kappa shape index (κ3) is 28.8. The summed E-state index contributed by atoms with van der Waals surface area (Å²) in [5.74, 6) is 1.63. The summed E-state index contributed by atoms with van der Waals surface area (Å²) in [6.45, 7) is 5.85. The van der Waals surface area contributed by atoms with Gasteiger partial charge in [-0.15, -0.1) is 0 Å². The van der Waals surface area contributed by atoms with Crippen molar-refractivity contribution in [3.63, 3.8) is 0 Å². The first-order valence-corrected chi connectivity index (χ1v) is 26.7. The molecule has 1 N–H and O–H groups in total. The van der Waals surface area contributed by atoms with Crippen molar-refractivity contribution in [1.29, 1.82) is 0 Å². The van der Waals surface area contributed by atoms with Gasteiger partial charge in [-0.05, 0) is 49.1 Å². The van der Waals surface area contributed by atoms with Crippen molar-refractivity contribution in [2.75, 3.05) is 25.6 Å². The van der Waals surface area contributed by atoms with Gasteiger partial charge in [0.1, 0.15) is 11.5 Å². The van der Waals surface area contributed by atoms with Gasteiger partial charge in [-0.1, -0.05) is 231 Å². The maximum atomic E-state index is 12.5. The second-order valence-corrected chi connectivity index (χ2v) is 19.4. The van der Waals surface area contributed by atoms with Crippen LogP contribution >= 0.6 is 0 Å². The van der Waals surface area contributed by atoms with Gasteiger partial charge in [0.05, 0.1) is 23.9 Å². The van der Waals surface area contributed by atoms with Gasteiger partial charge in [-0.25, -0.2) is 8.42 Å². The van der Waals surface area contributed by atoms with E-state index in [1.165, 1.54) is 193 Å². The van der Waals surface area contributed by atoms with E-state index in [1.54, 1.807) is 12.1 Å². The molecule has 0 aliphatic rings. The fourth-order valence-electron chi connectivity index (χ4n) is 7.88. The molecular weight excluding hydrogens is 749 g/mol. The molecule has 0 bridgehead atoms. The average molecular weight is 839 g/mol. The van der Waals surface area contributed by atoms with E-state index in [-0.39, 0.29) is 23.7 Å². The zero-order chi connectivity index (χ0) is 42.3. The van der Waals surface area contributed by atoms with Gasteiger partial charge < -0.3 is 14.6 Å². The van der Waals surface area contributed by atoms with E-state index in [0.29, 0.717) is 6.61 Å². The highest BCUT2D eigenvalue weighted by atomic mass is 32.2. The number of benzene rings is 2. The smallest absolute Gasteiger partial charge is 0.178 e. The van der Waals surface area contributed by atoms with Crippen LogP contribution in [0.5, 0.6) is 11.5 Å². The Labute approximate surface area is 364 Å². The molecule has 0 spiro atoms. The number of unbranched alkanes of at least 4 members (excludes halogenated alkanes) is 30. The summed E-state index contributed by atoms with van der Waals surface area (Å²) in [5, 5.41) is 9.06. The molecule has 0 aliphatic carbocycles. The molecule has 2 rings (SSSR count). The highest BCUT2D eigenvalue weighted by Gasteiger charge is 2.13. The largest absolute Gasteiger partial charge is 0.493 e. The van der Waals surface area contributed by atoms with Gasteiger partial charge in [0, 0.05) is 18.2 Å². The predicted octanol–water partition coefficient (Wildman–Crippen LogP) is 16.3. The number of rotatable bonds is 42. The van der Waals surface area contributed by atoms with Crippen LogP contribution in [0.3, 0.4) is 0 Å². The third-order valence-corrected chi connectivity index (χ3v) is 13.6. The Bertz CT molecular complexity index is 1370. The zero-order valence-electron chi connectivity index (χ0n) is 38.3. The summed E-state index contributed by atoms with van der Waals surface area (Å²) in [5.41, 5.74) is 1.90. The number of sulfone groups is 1. The molecule has 5 nitrogen and oxygen atoms in total. The topological polar surface area (TPSA) is 72.8 Å². The molecule has 6 heteroatoms. The first-order chi connectivity index (χ1) is 29.0. The molecule has 0 amide bonds. The van der Waals surface area contributed by atoms with Crippen molar-refractivity contribution in [3.8, 4) is 11.5 Å². The van der Waals surface area contributed by atoms with Gasteiger partial charge in [0.25, 0.3) is 0 Å². The van der Waals surface area contributed by atoms with Crippen LogP contribution in [-0.2, 0) is 9.84 Å². The van der Waals surface area contributed by atoms with Crippen LogP contribution in [0, 0.1) is 0 Å². The summed E-state index contributed by atoms with van der Waals surface area (Å²) in [7, 11) is -3.39. The van der Waals surface area contributed by atoms with Crippen molar-refractivity contribution < 1.29 is 23.0 Å². The van der Waals surface area contributed by atoms with E-state index in [2.05, 4.69) is 19.9 Å². The zero-order valence-corrected chi connectivity index (χ0v) is 39.2. The Morgan fingerprint density at radius 1 is 0.458 bits per heavy atom. The van der Waals surface area contributed by atoms with Crippen LogP contribution in [0.2, 0.25) is 0 Å². The summed E-state index contributed by atoms with van der Waals surface area (Å²) >= 11 is 0. The molecular formula is C53H90O5S. The lowest BCUT2D eigenvalue weighted by Gasteiger charge is -2.13. The maximum absolute atomic E-state index is 12.5. The van der Waals surface area contributed by atoms with E-state index in [9.17, 15) is 8.42 Å². The molecule has 0 saturated carbocycles. The highest BCUT2D eigenvalue weighted by molar-refractivity contribution is 7.91. The maximum Gasteiger partial charge on any atom is 0.178 e. The number of ether oxygens (including phenoxy) is 2. The minimum Gasteiger partial charge on any atom is -0.493 e. The quantitative estimate of drug-likeness (QED) is 0.0532. The van der Waals surface area contributed by atoms with E-state index in [0.717, 1.165) is 42.1 Å². The fraction of sp³-hybridized carbons (Fsp3) is 0.736. The fourth-order valence-corrected chi connectivity index (χ4v) is 9.18. The lowest BCUT2D eigenvalue weighted by molar-refractivity contribution is 0.289. The van der Waals surface area contributed by atoms with Gasteiger partial charge in [-0.3, -0.25) is 0 Å². The second-order valence-electron chi connectivity index (χ2n) is 17.3. The van der Waals surface area contributed by atoms with E-state index in [1.807, 2.05) is 36.4 Å². The average Bonchev–Trinajstić information content (AvgIpc) is 3.25. The highest BCUT2D eigenvalue weighted by Crippen LogP contribution is 2.28. The molecule has 0 aromatic heterocycles. The molecule has 0 atom stereocenters. The molecule has 0 radical (unpaired) electrons. The Balaban J connectivity index is 1.72. The summed E-state index contributed by atoms with van der Waals surface area (Å²) in [4.78, 5) is 0.289. The summed E-state index contributed by atoms with van der Waals surface area (Å²) in [6.07, 6.45) is 47.6. The van der Waals surface area contributed by atoms with Gasteiger partial charge in [0.15, 0.2) is 9.84 Å². The molecule has 0 unspecified atom stereocenters. The monoisotopic (exact) mass is 839 g/mol. The third-order valence-electron chi connectivity index (χ3n) is 11.8. The van der Waals surface area contributed by atoms with Crippen molar-refractivity contribution >= 4 is 22.0 Å². The van der Waals surface area contributed by atoms with Crippen LogP contribution in [0.25, 0.3) is 12.2 Å². The van der Waals surface area contributed by atoms with Crippen LogP contribution in [-0.4, -0.2) is 39.1 Å². The number of hydrogen-bond donors (Lipinski definition) is 1. The van der Waals surface area contributed by atoms with Crippen molar-refractivity contribution in [1.82, 2.24) is 0 Å². The van der Waals surface area contributed by atoms with E-state index >= 15 is 0 Å². The number of aliphatic hydroxyl groups is 1. The lowest BCUT2D eigenvalue weighted by Crippen LogP contribution is -2.08. The molecule has 0 aliphatic heterocycles. The van der Waals surface area contributed by atoms with Crippen LogP contribution in [0.4, 0.5) is 0 Å². The Morgan fingerprint density at radius 3 is 1.25 bits per heavy atom. The standard InChI is InChI=1S/C53H90O5S/c1-3-5-7-9-11-13-15-17-19-21-23-25-27-29-31-33-45-57-51-41-40-50(39-36-49-37-42-52(43-38-49)59(55,56)47-35-44-54)53(48-51)58-46-34-32-30-28-26-24-22-20-18-16-14-12-10-8-6-4-2/h36-43,48,54H,3-35,44-47H2,1-2H3. The number of hydrogen-bond acceptors (Lipinski definition) is 5. The van der Waals surface area contributed by atoms with Crippen molar-refractivity contribution in [2.24, 2.45) is 0 Å². The lowest BCUT2D eigenvalue weighted by atomic mass is 10.0. The van der Waals surface area contributed by atoms with Crippen molar-refractivity contribution in [3.05, 3.63) is 53.6 Å². The molecule has 59 heavy (non-hydrogen) atoms. The molecule has 0 fully saturated rings. The molecule has 338 valence electrons. The van der Waals surface area contributed by atoms with Gasteiger partial charge in [0.2, 0.25) is 0 Å². The SMILES string of the molecule is CCCCCCCCCCCCCCCCCCOc1ccc(C=Cc2ccc(S(=O)(=O)CCCO)cc2)c(OCCCCCCCCCCCCCCCCCC)c1. The molecule has 2 aromatic rings. The second kappa shape index (κ2) is 37.5. The van der Waals surface area contributed by atoms with Gasteiger partial charge in [-0.2, -0.15) is 0 Å². The first-order valence-electron chi connectivity index (χ1n) is 25.0. The summed E-state index contributed by atoms with van der Waals surface area (Å²) in [6, 6.07) is 13.1. The predicted molar refractivity (Wildman–Crippen MR) is 256 cm³/mol. The van der Waals surface area contributed by atoms with E-state index < -0.39 is 9.84 Å². The minimum atomic E-state index is -3.39. The van der Waals surface area contributed by atoms with Crippen molar-refractivity contribution in [2.45, 2.75) is 231 Å². The molecule has 0 heterocycles. The number of aliphatic hydroxyl groups excluding tert-OH is 1. The molecule has 2 aromatic carbocycles. The van der Waals surface area contributed by atoms with E-state index in [4.69, 9.17) is 14.6 Å².